The molecule has 2 aromatic carbocycles. The number of amides is 1. The molecule has 0 aliphatic carbocycles. The highest BCUT2D eigenvalue weighted by molar-refractivity contribution is 5.95. The quantitative estimate of drug-likeness (QED) is 0.882. The normalized spacial score (nSPS) is 10.4. The summed E-state index contributed by atoms with van der Waals surface area (Å²) in [5.74, 6) is -0.627. The fourth-order valence-electron chi connectivity index (χ4n) is 2.53. The molecule has 0 spiro atoms. The van der Waals surface area contributed by atoms with E-state index in [0.717, 1.165) is 17.8 Å². The molecule has 0 saturated heterocycles. The topological polar surface area (TPSA) is 32.3 Å². The number of halogens is 1. The lowest BCUT2D eigenvalue weighted by molar-refractivity contribution is 0.0953. The summed E-state index contributed by atoms with van der Waals surface area (Å²) in [5, 5.41) is 2.87. The monoisotopic (exact) mass is 314 g/mol. The Kier molecular flexibility index (Phi) is 5.74. The van der Waals surface area contributed by atoms with Crippen molar-refractivity contribution >= 4 is 11.6 Å². The summed E-state index contributed by atoms with van der Waals surface area (Å²) in [6.07, 6.45) is 0. The van der Waals surface area contributed by atoms with Gasteiger partial charge in [0.2, 0.25) is 0 Å². The Morgan fingerprint density at radius 1 is 1.17 bits per heavy atom. The number of nitrogens with zero attached hydrogens (tertiary/aromatic N) is 1. The van der Waals surface area contributed by atoms with Gasteiger partial charge in [0, 0.05) is 30.9 Å². The third-order valence-electron chi connectivity index (χ3n) is 3.86. The van der Waals surface area contributed by atoms with E-state index in [-0.39, 0.29) is 5.91 Å². The maximum absolute atomic E-state index is 13.3. The van der Waals surface area contributed by atoms with Gasteiger partial charge >= 0.3 is 0 Å². The summed E-state index contributed by atoms with van der Waals surface area (Å²) in [6, 6.07) is 12.5. The minimum atomic E-state index is -0.393. The van der Waals surface area contributed by atoms with Crippen LogP contribution >= 0.6 is 0 Å². The van der Waals surface area contributed by atoms with Gasteiger partial charge in [0.05, 0.1) is 0 Å². The van der Waals surface area contributed by atoms with Gasteiger partial charge in [-0.1, -0.05) is 18.2 Å². The Hall–Kier alpha value is -2.36. The molecule has 122 valence electrons. The van der Waals surface area contributed by atoms with Crippen molar-refractivity contribution in [1.82, 2.24) is 5.32 Å². The number of likely N-dealkylation sites (N-methyl/N-ethyl adjacent to an activating group) is 1. The number of carbonyl (C=O) groups excluding carboxylic acids is 1. The molecule has 0 aromatic heterocycles. The highest BCUT2D eigenvalue weighted by Gasteiger charge is 2.10. The van der Waals surface area contributed by atoms with Gasteiger partial charge in [-0.15, -0.1) is 0 Å². The second kappa shape index (κ2) is 7.77. The molecule has 3 nitrogen and oxygen atoms in total. The number of hydrogen-bond donors (Lipinski definition) is 1. The molecule has 0 heterocycles. The van der Waals surface area contributed by atoms with Crippen LogP contribution in [0.2, 0.25) is 0 Å². The third kappa shape index (κ3) is 4.55. The predicted molar refractivity (Wildman–Crippen MR) is 92.5 cm³/mol. The fraction of sp³-hybridized carbons (Fsp3) is 0.316. The molecule has 0 aliphatic rings. The van der Waals surface area contributed by atoms with E-state index in [2.05, 4.69) is 42.3 Å². The number of carbonyl (C=O) groups is 1. The largest absolute Gasteiger partial charge is 0.370 e. The van der Waals surface area contributed by atoms with Crippen molar-refractivity contribution in [2.45, 2.75) is 20.8 Å². The number of anilines is 1. The van der Waals surface area contributed by atoms with Gasteiger partial charge in [-0.05, 0) is 56.2 Å². The zero-order valence-electron chi connectivity index (χ0n) is 13.9. The average Bonchev–Trinajstić information content (AvgIpc) is 2.53. The number of benzene rings is 2. The molecule has 0 fully saturated rings. The van der Waals surface area contributed by atoms with Crippen LogP contribution in [0.4, 0.5) is 10.1 Å². The maximum atomic E-state index is 13.3. The molecule has 0 atom stereocenters. The van der Waals surface area contributed by atoms with E-state index in [1.54, 1.807) is 13.0 Å². The number of rotatable bonds is 6. The van der Waals surface area contributed by atoms with E-state index in [0.29, 0.717) is 18.7 Å². The average molecular weight is 314 g/mol. The third-order valence-corrected chi connectivity index (χ3v) is 3.86. The van der Waals surface area contributed by atoms with E-state index in [1.807, 2.05) is 6.07 Å². The lowest BCUT2D eigenvalue weighted by atomic mass is 10.1. The molecular formula is C19H23FN2O. The van der Waals surface area contributed by atoms with E-state index >= 15 is 0 Å². The minimum absolute atomic E-state index is 0.234. The van der Waals surface area contributed by atoms with Gasteiger partial charge in [0.25, 0.3) is 5.91 Å². The lowest BCUT2D eigenvalue weighted by Gasteiger charge is -2.23. The molecule has 1 amide bonds. The van der Waals surface area contributed by atoms with Gasteiger partial charge in [0.1, 0.15) is 5.82 Å². The van der Waals surface area contributed by atoms with Crippen molar-refractivity contribution in [3.63, 3.8) is 0 Å². The maximum Gasteiger partial charge on any atom is 0.251 e. The van der Waals surface area contributed by atoms with Crippen LogP contribution in [0.15, 0.2) is 42.5 Å². The molecule has 0 radical (unpaired) electrons. The molecule has 0 aliphatic heterocycles. The zero-order valence-corrected chi connectivity index (χ0v) is 13.9. The van der Waals surface area contributed by atoms with Crippen LogP contribution in [0.5, 0.6) is 0 Å². The molecular weight excluding hydrogens is 291 g/mol. The van der Waals surface area contributed by atoms with Crippen molar-refractivity contribution in [1.29, 1.82) is 0 Å². The molecule has 2 rings (SSSR count). The Labute approximate surface area is 137 Å². The van der Waals surface area contributed by atoms with Crippen molar-refractivity contribution < 1.29 is 9.18 Å². The van der Waals surface area contributed by atoms with Crippen LogP contribution in [0.3, 0.4) is 0 Å². The van der Waals surface area contributed by atoms with E-state index < -0.39 is 5.82 Å². The van der Waals surface area contributed by atoms with E-state index in [4.69, 9.17) is 0 Å². The number of nitrogens with one attached hydrogen (secondary N) is 1. The van der Waals surface area contributed by atoms with Crippen LogP contribution in [0.25, 0.3) is 0 Å². The fourth-order valence-corrected chi connectivity index (χ4v) is 2.53. The Morgan fingerprint density at radius 2 is 1.96 bits per heavy atom. The van der Waals surface area contributed by atoms with E-state index in [9.17, 15) is 9.18 Å². The predicted octanol–water partition coefficient (Wildman–Crippen LogP) is 3.70. The number of aryl methyl sites for hydroxylation is 2. The van der Waals surface area contributed by atoms with Crippen LogP contribution in [0, 0.1) is 19.7 Å². The molecule has 0 unspecified atom stereocenters. The second-order valence-corrected chi connectivity index (χ2v) is 5.63. The Bertz CT molecular complexity index is 685. The summed E-state index contributed by atoms with van der Waals surface area (Å²) in [6.45, 7) is 8.03. The summed E-state index contributed by atoms with van der Waals surface area (Å²) in [5.41, 5.74) is 3.52. The van der Waals surface area contributed by atoms with E-state index in [1.165, 1.54) is 17.7 Å². The standard InChI is InChI=1S/C19H23FN2O/c1-4-22(17-7-5-6-14(2)12-17)11-10-21-19(23)18-13-16(20)9-8-15(18)3/h5-9,12-13H,4,10-11H2,1-3H3,(H,21,23). The molecule has 0 bridgehead atoms. The summed E-state index contributed by atoms with van der Waals surface area (Å²) < 4.78 is 13.3. The smallest absolute Gasteiger partial charge is 0.251 e. The Morgan fingerprint density at radius 3 is 2.65 bits per heavy atom. The molecule has 0 saturated carbocycles. The van der Waals surface area contributed by atoms with Gasteiger partial charge in [-0.2, -0.15) is 0 Å². The first-order valence-electron chi connectivity index (χ1n) is 7.87. The lowest BCUT2D eigenvalue weighted by Crippen LogP contribution is -2.35. The molecule has 2 aromatic rings. The second-order valence-electron chi connectivity index (χ2n) is 5.63. The van der Waals surface area contributed by atoms with Crippen LogP contribution < -0.4 is 10.2 Å². The Balaban J connectivity index is 1.95. The first kappa shape index (κ1) is 17.0. The van der Waals surface area contributed by atoms with Crippen molar-refractivity contribution in [3.05, 3.63) is 65.0 Å². The van der Waals surface area contributed by atoms with Crippen LogP contribution in [0.1, 0.15) is 28.4 Å². The summed E-state index contributed by atoms with van der Waals surface area (Å²) in [4.78, 5) is 14.4. The first-order valence-corrected chi connectivity index (χ1v) is 7.87. The SMILES string of the molecule is CCN(CCNC(=O)c1cc(F)ccc1C)c1cccc(C)c1. The zero-order chi connectivity index (χ0) is 16.8. The van der Waals surface area contributed by atoms with Gasteiger partial charge < -0.3 is 10.2 Å². The van der Waals surface area contributed by atoms with Crippen molar-refractivity contribution in [2.24, 2.45) is 0 Å². The van der Waals surface area contributed by atoms with Gasteiger partial charge in [-0.25, -0.2) is 4.39 Å². The van der Waals surface area contributed by atoms with Gasteiger partial charge in [0.15, 0.2) is 0 Å². The minimum Gasteiger partial charge on any atom is -0.370 e. The van der Waals surface area contributed by atoms with Crippen LogP contribution in [-0.4, -0.2) is 25.5 Å². The highest BCUT2D eigenvalue weighted by Crippen LogP contribution is 2.15. The molecule has 23 heavy (non-hydrogen) atoms. The van der Waals surface area contributed by atoms with Gasteiger partial charge in [-0.3, -0.25) is 4.79 Å². The number of hydrogen-bond acceptors (Lipinski definition) is 2. The first-order chi connectivity index (χ1) is 11.0. The molecule has 4 heteroatoms. The van der Waals surface area contributed by atoms with Crippen molar-refractivity contribution in [3.8, 4) is 0 Å². The van der Waals surface area contributed by atoms with Crippen molar-refractivity contribution in [2.75, 3.05) is 24.5 Å². The van der Waals surface area contributed by atoms with Crippen LogP contribution in [-0.2, 0) is 0 Å². The summed E-state index contributed by atoms with van der Waals surface area (Å²) >= 11 is 0. The summed E-state index contributed by atoms with van der Waals surface area (Å²) in [7, 11) is 0. The highest BCUT2D eigenvalue weighted by atomic mass is 19.1. The molecule has 1 N–H and O–H groups in total.